The first-order valence-corrected chi connectivity index (χ1v) is 4.91. The third-order valence-electron chi connectivity index (χ3n) is 2.26. The zero-order chi connectivity index (χ0) is 13.9. The molecule has 0 radical (unpaired) electrons. The molecule has 2 nitrogen and oxygen atoms in total. The smallest absolute Gasteiger partial charge is 0.336 e. The second kappa shape index (κ2) is 5.32. The molecule has 0 aliphatic rings. The van der Waals surface area contributed by atoms with E-state index in [-0.39, 0.29) is 6.54 Å². The third kappa shape index (κ3) is 3.68. The Kier molecular flexibility index (Phi) is 4.26. The number of alkyl halides is 5. The van der Waals surface area contributed by atoms with Gasteiger partial charge in [0.25, 0.3) is 5.91 Å². The molecule has 0 atom stereocenters. The monoisotopic (exact) mass is 267 g/mol. The molecule has 0 saturated heterocycles. The SMILES string of the molecule is CN(Cc1ccc(C(F)(F)F)cc1)C(=O)C(F)F. The summed E-state index contributed by atoms with van der Waals surface area (Å²) in [6.45, 7) is -0.165. The highest BCUT2D eigenvalue weighted by Crippen LogP contribution is 2.29. The summed E-state index contributed by atoms with van der Waals surface area (Å²) in [5.74, 6) is -1.37. The molecule has 18 heavy (non-hydrogen) atoms. The predicted molar refractivity (Wildman–Crippen MR) is 53.9 cm³/mol. The Morgan fingerprint density at radius 1 is 1.22 bits per heavy atom. The average molecular weight is 267 g/mol. The van der Waals surface area contributed by atoms with Crippen LogP contribution in [-0.4, -0.2) is 24.3 Å². The van der Waals surface area contributed by atoms with Gasteiger partial charge in [0, 0.05) is 13.6 Å². The average Bonchev–Trinajstić information content (AvgIpc) is 2.27. The number of carbonyl (C=O) groups excluding carboxylic acids is 1. The summed E-state index contributed by atoms with van der Waals surface area (Å²) in [5, 5.41) is 0. The van der Waals surface area contributed by atoms with Crippen molar-refractivity contribution in [3.63, 3.8) is 0 Å². The summed E-state index contributed by atoms with van der Waals surface area (Å²) < 4.78 is 60.9. The second-order valence-electron chi connectivity index (χ2n) is 3.69. The lowest BCUT2D eigenvalue weighted by Gasteiger charge is -2.17. The van der Waals surface area contributed by atoms with E-state index in [2.05, 4.69) is 0 Å². The first kappa shape index (κ1) is 14.4. The van der Waals surface area contributed by atoms with Crippen molar-refractivity contribution in [2.45, 2.75) is 19.1 Å². The summed E-state index contributed by atoms with van der Waals surface area (Å²) in [6, 6.07) is 3.99. The van der Waals surface area contributed by atoms with E-state index < -0.39 is 24.1 Å². The molecule has 0 aromatic heterocycles. The van der Waals surface area contributed by atoms with Crippen LogP contribution in [0.4, 0.5) is 22.0 Å². The summed E-state index contributed by atoms with van der Waals surface area (Å²) >= 11 is 0. The quantitative estimate of drug-likeness (QED) is 0.771. The van der Waals surface area contributed by atoms with Gasteiger partial charge in [-0.3, -0.25) is 4.79 Å². The fourth-order valence-electron chi connectivity index (χ4n) is 1.32. The van der Waals surface area contributed by atoms with E-state index in [0.29, 0.717) is 5.56 Å². The predicted octanol–water partition coefficient (Wildman–Crippen LogP) is 2.93. The molecule has 100 valence electrons. The molecule has 0 fully saturated rings. The van der Waals surface area contributed by atoms with Crippen LogP contribution in [0.1, 0.15) is 11.1 Å². The molecule has 0 N–H and O–H groups in total. The lowest BCUT2D eigenvalue weighted by atomic mass is 10.1. The number of amides is 1. The van der Waals surface area contributed by atoms with Crippen LogP contribution >= 0.6 is 0 Å². The van der Waals surface area contributed by atoms with Gasteiger partial charge in [-0.1, -0.05) is 12.1 Å². The largest absolute Gasteiger partial charge is 0.416 e. The van der Waals surface area contributed by atoms with Crippen LogP contribution in [0, 0.1) is 0 Å². The van der Waals surface area contributed by atoms with Crippen LogP contribution in [-0.2, 0) is 17.5 Å². The second-order valence-corrected chi connectivity index (χ2v) is 3.69. The zero-order valence-corrected chi connectivity index (χ0v) is 9.34. The standard InChI is InChI=1S/C11H10F5NO/c1-17(10(18)9(12)13)6-7-2-4-8(5-3-7)11(14,15)16/h2-5,9H,6H2,1H3. The molecular weight excluding hydrogens is 257 g/mol. The molecule has 0 bridgehead atoms. The van der Waals surface area contributed by atoms with E-state index in [1.54, 1.807) is 0 Å². The third-order valence-corrected chi connectivity index (χ3v) is 2.26. The number of nitrogens with zero attached hydrogens (tertiary/aromatic N) is 1. The molecule has 0 aliphatic carbocycles. The summed E-state index contributed by atoms with van der Waals surface area (Å²) in [5.41, 5.74) is -0.478. The van der Waals surface area contributed by atoms with Crippen LogP contribution in [0.15, 0.2) is 24.3 Å². The maximum Gasteiger partial charge on any atom is 0.416 e. The highest BCUT2D eigenvalue weighted by atomic mass is 19.4. The molecule has 0 heterocycles. The van der Waals surface area contributed by atoms with Crippen LogP contribution in [0.3, 0.4) is 0 Å². The highest BCUT2D eigenvalue weighted by Gasteiger charge is 2.30. The minimum atomic E-state index is -4.44. The molecule has 1 rings (SSSR count). The number of hydrogen-bond donors (Lipinski definition) is 0. The van der Waals surface area contributed by atoms with Gasteiger partial charge >= 0.3 is 12.6 Å². The van der Waals surface area contributed by atoms with Crippen molar-refractivity contribution in [3.8, 4) is 0 Å². The van der Waals surface area contributed by atoms with Gasteiger partial charge in [0.2, 0.25) is 0 Å². The maximum absolute atomic E-state index is 12.3. The van der Waals surface area contributed by atoms with Crippen molar-refractivity contribution in [1.82, 2.24) is 4.90 Å². The van der Waals surface area contributed by atoms with E-state index in [9.17, 15) is 26.7 Å². The van der Waals surface area contributed by atoms with Crippen molar-refractivity contribution in [1.29, 1.82) is 0 Å². The molecular formula is C11H10F5NO. The fraction of sp³-hybridized carbons (Fsp3) is 0.364. The lowest BCUT2D eigenvalue weighted by Crippen LogP contribution is -2.31. The molecule has 0 aliphatic heterocycles. The number of carbonyl (C=O) groups is 1. The van der Waals surface area contributed by atoms with E-state index in [1.165, 1.54) is 0 Å². The Morgan fingerprint density at radius 3 is 2.11 bits per heavy atom. The Balaban J connectivity index is 2.73. The van der Waals surface area contributed by atoms with E-state index in [1.807, 2.05) is 0 Å². The van der Waals surface area contributed by atoms with Crippen LogP contribution in [0.2, 0.25) is 0 Å². The number of benzene rings is 1. The molecule has 1 aromatic carbocycles. The van der Waals surface area contributed by atoms with Crippen LogP contribution in [0.25, 0.3) is 0 Å². The van der Waals surface area contributed by atoms with Crippen LogP contribution < -0.4 is 0 Å². The van der Waals surface area contributed by atoms with E-state index in [0.717, 1.165) is 36.2 Å². The number of hydrogen-bond acceptors (Lipinski definition) is 1. The first-order chi connectivity index (χ1) is 8.21. The van der Waals surface area contributed by atoms with Gasteiger partial charge in [-0.15, -0.1) is 0 Å². The molecule has 0 spiro atoms. The van der Waals surface area contributed by atoms with Crippen molar-refractivity contribution >= 4 is 5.91 Å². The number of rotatable bonds is 3. The Hall–Kier alpha value is -1.66. The van der Waals surface area contributed by atoms with Gasteiger partial charge in [0.1, 0.15) is 0 Å². The summed E-state index contributed by atoms with van der Waals surface area (Å²) in [6.07, 6.45) is -7.56. The maximum atomic E-state index is 12.3. The topological polar surface area (TPSA) is 20.3 Å². The van der Waals surface area contributed by atoms with Gasteiger partial charge in [0.05, 0.1) is 5.56 Å². The number of halogens is 5. The molecule has 7 heteroatoms. The molecule has 0 saturated carbocycles. The zero-order valence-electron chi connectivity index (χ0n) is 9.34. The first-order valence-electron chi connectivity index (χ1n) is 4.91. The van der Waals surface area contributed by atoms with E-state index >= 15 is 0 Å². The fourth-order valence-corrected chi connectivity index (χ4v) is 1.32. The Morgan fingerprint density at radius 2 is 1.72 bits per heavy atom. The van der Waals surface area contributed by atoms with Crippen molar-refractivity contribution < 1.29 is 26.7 Å². The van der Waals surface area contributed by atoms with Crippen molar-refractivity contribution in [2.75, 3.05) is 7.05 Å². The minimum Gasteiger partial charge on any atom is -0.336 e. The van der Waals surface area contributed by atoms with E-state index in [4.69, 9.17) is 0 Å². The summed E-state index contributed by atoms with van der Waals surface area (Å²) in [7, 11) is 1.16. The van der Waals surface area contributed by atoms with Gasteiger partial charge in [-0.05, 0) is 17.7 Å². The van der Waals surface area contributed by atoms with Crippen LogP contribution in [0.5, 0.6) is 0 Å². The molecule has 0 unspecified atom stereocenters. The Bertz CT molecular complexity index is 412. The highest BCUT2D eigenvalue weighted by molar-refractivity contribution is 5.78. The summed E-state index contributed by atoms with van der Waals surface area (Å²) in [4.78, 5) is 11.6. The van der Waals surface area contributed by atoms with Gasteiger partial charge in [-0.2, -0.15) is 22.0 Å². The minimum absolute atomic E-state index is 0.165. The Labute approximate surface area is 100 Å². The van der Waals surface area contributed by atoms with Gasteiger partial charge in [-0.25, -0.2) is 0 Å². The molecule has 1 amide bonds. The molecule has 1 aromatic rings. The van der Waals surface area contributed by atoms with Gasteiger partial charge < -0.3 is 4.90 Å². The van der Waals surface area contributed by atoms with Crippen molar-refractivity contribution in [2.24, 2.45) is 0 Å². The van der Waals surface area contributed by atoms with Gasteiger partial charge in [0.15, 0.2) is 0 Å². The lowest BCUT2D eigenvalue weighted by molar-refractivity contribution is -0.142. The normalized spacial score (nSPS) is 11.7. The van der Waals surface area contributed by atoms with Crippen molar-refractivity contribution in [3.05, 3.63) is 35.4 Å².